The Morgan fingerprint density at radius 2 is 2.16 bits per heavy atom. The van der Waals surface area contributed by atoms with Crippen molar-refractivity contribution in [2.75, 3.05) is 40.4 Å². The maximum atomic E-state index is 13.3. The molecular weight excluding hydrogens is 314 g/mol. The number of likely N-dealkylation sites (N-methyl/N-ethyl adjacent to an activating group) is 1. The van der Waals surface area contributed by atoms with E-state index in [0.29, 0.717) is 13.2 Å². The number of fused-ring (bicyclic) bond motifs is 2. The van der Waals surface area contributed by atoms with Crippen LogP contribution in [0.4, 0.5) is 0 Å². The van der Waals surface area contributed by atoms with E-state index in [-0.39, 0.29) is 5.91 Å². The van der Waals surface area contributed by atoms with Gasteiger partial charge in [-0.05, 0) is 19.0 Å². The van der Waals surface area contributed by atoms with Gasteiger partial charge in [0.05, 0.1) is 11.1 Å². The van der Waals surface area contributed by atoms with Crippen molar-refractivity contribution < 1.29 is 9.53 Å². The number of carbonyl (C=O) groups is 1. The molecule has 0 spiro atoms. The number of hydrogen-bond donors (Lipinski definition) is 0. The summed E-state index contributed by atoms with van der Waals surface area (Å²) in [6.45, 7) is 6.32. The first-order valence-electron chi connectivity index (χ1n) is 9.03. The highest BCUT2D eigenvalue weighted by Gasteiger charge is 2.26. The minimum absolute atomic E-state index is 0.0870. The van der Waals surface area contributed by atoms with Crippen molar-refractivity contribution in [3.8, 4) is 0 Å². The summed E-state index contributed by atoms with van der Waals surface area (Å²) in [6, 6.07) is 7.99. The van der Waals surface area contributed by atoms with Crippen LogP contribution in [0.15, 0.2) is 24.3 Å². The SMILES string of the molecule is CCN1CCc2nc3ccccc3c(C(=O)N(C)CCCOC)c2C1. The normalized spacial score (nSPS) is 14.5. The third kappa shape index (κ3) is 3.67. The van der Waals surface area contributed by atoms with Crippen LogP contribution in [0.1, 0.15) is 35.0 Å². The highest BCUT2D eigenvalue weighted by atomic mass is 16.5. The fourth-order valence-electron chi connectivity index (χ4n) is 3.50. The lowest BCUT2D eigenvalue weighted by Gasteiger charge is -2.30. The zero-order valence-electron chi connectivity index (χ0n) is 15.4. The van der Waals surface area contributed by atoms with Gasteiger partial charge in [-0.2, -0.15) is 0 Å². The Kier molecular flexibility index (Phi) is 5.66. The number of hydrogen-bond acceptors (Lipinski definition) is 4. The standard InChI is InChI=1S/C20H27N3O2/c1-4-23-12-10-18-16(14-23)19(15-8-5-6-9-17(15)21-18)20(24)22(2)11-7-13-25-3/h5-6,8-9H,4,7,10-14H2,1-3H3. The minimum atomic E-state index is 0.0870. The summed E-state index contributed by atoms with van der Waals surface area (Å²) in [7, 11) is 3.56. The lowest BCUT2D eigenvalue weighted by atomic mass is 9.95. The number of amides is 1. The topological polar surface area (TPSA) is 45.7 Å². The van der Waals surface area contributed by atoms with E-state index in [1.54, 1.807) is 7.11 Å². The van der Waals surface area contributed by atoms with Crippen molar-refractivity contribution in [3.05, 3.63) is 41.1 Å². The Morgan fingerprint density at radius 3 is 2.92 bits per heavy atom. The Hall–Kier alpha value is -1.98. The summed E-state index contributed by atoms with van der Waals surface area (Å²) >= 11 is 0. The lowest BCUT2D eigenvalue weighted by molar-refractivity contribution is 0.0778. The van der Waals surface area contributed by atoms with Gasteiger partial charge in [0.15, 0.2) is 0 Å². The Morgan fingerprint density at radius 1 is 1.36 bits per heavy atom. The molecule has 0 saturated carbocycles. The van der Waals surface area contributed by atoms with E-state index in [1.165, 1.54) is 0 Å². The molecule has 1 aromatic heterocycles. The smallest absolute Gasteiger partial charge is 0.254 e. The maximum Gasteiger partial charge on any atom is 0.254 e. The van der Waals surface area contributed by atoms with Crippen LogP contribution in [0.5, 0.6) is 0 Å². The number of methoxy groups -OCH3 is 1. The highest BCUT2D eigenvalue weighted by Crippen LogP contribution is 2.29. The van der Waals surface area contributed by atoms with Crippen molar-refractivity contribution in [2.24, 2.45) is 0 Å². The van der Waals surface area contributed by atoms with Crippen LogP contribution in [0.2, 0.25) is 0 Å². The molecule has 1 aliphatic rings. The number of ether oxygens (including phenoxy) is 1. The van der Waals surface area contributed by atoms with Gasteiger partial charge < -0.3 is 9.64 Å². The second-order valence-electron chi connectivity index (χ2n) is 6.62. The fraction of sp³-hybridized carbons (Fsp3) is 0.500. The molecule has 2 heterocycles. The number of rotatable bonds is 6. The summed E-state index contributed by atoms with van der Waals surface area (Å²) in [5.41, 5.74) is 3.94. The van der Waals surface area contributed by atoms with Crippen LogP contribution in [0, 0.1) is 0 Å². The molecule has 1 aromatic carbocycles. The molecule has 3 rings (SSSR count). The molecule has 0 aliphatic carbocycles. The van der Waals surface area contributed by atoms with Gasteiger partial charge in [0, 0.05) is 63.5 Å². The molecular formula is C20H27N3O2. The molecule has 0 bridgehead atoms. The number of para-hydroxylation sites is 1. The Bertz CT molecular complexity index is 760. The molecule has 1 aliphatic heterocycles. The number of benzene rings is 1. The van der Waals surface area contributed by atoms with Crippen LogP contribution in [0.25, 0.3) is 10.9 Å². The summed E-state index contributed by atoms with van der Waals surface area (Å²) in [5.74, 6) is 0.0870. The Balaban J connectivity index is 2.03. The van der Waals surface area contributed by atoms with Crippen LogP contribution < -0.4 is 0 Å². The highest BCUT2D eigenvalue weighted by molar-refractivity contribution is 6.07. The van der Waals surface area contributed by atoms with Gasteiger partial charge in [0.25, 0.3) is 5.91 Å². The van der Waals surface area contributed by atoms with Crippen molar-refractivity contribution >= 4 is 16.8 Å². The maximum absolute atomic E-state index is 13.3. The largest absolute Gasteiger partial charge is 0.385 e. The van der Waals surface area contributed by atoms with Gasteiger partial charge in [-0.25, -0.2) is 0 Å². The first-order valence-corrected chi connectivity index (χ1v) is 9.03. The zero-order chi connectivity index (χ0) is 17.8. The van der Waals surface area contributed by atoms with E-state index in [0.717, 1.165) is 60.2 Å². The van der Waals surface area contributed by atoms with Gasteiger partial charge in [-0.1, -0.05) is 25.1 Å². The second kappa shape index (κ2) is 7.93. The van der Waals surface area contributed by atoms with Gasteiger partial charge in [-0.3, -0.25) is 14.7 Å². The van der Waals surface area contributed by atoms with Gasteiger partial charge in [0.1, 0.15) is 0 Å². The summed E-state index contributed by atoms with van der Waals surface area (Å²) in [5, 5.41) is 0.961. The summed E-state index contributed by atoms with van der Waals surface area (Å²) in [4.78, 5) is 22.3. The molecule has 0 atom stereocenters. The number of pyridine rings is 1. The average Bonchev–Trinajstić information content (AvgIpc) is 2.65. The molecule has 25 heavy (non-hydrogen) atoms. The quantitative estimate of drug-likeness (QED) is 0.758. The van der Waals surface area contributed by atoms with E-state index >= 15 is 0 Å². The van der Waals surface area contributed by atoms with Crippen LogP contribution in [-0.2, 0) is 17.7 Å². The van der Waals surface area contributed by atoms with E-state index in [4.69, 9.17) is 9.72 Å². The van der Waals surface area contributed by atoms with E-state index in [1.807, 2.05) is 36.2 Å². The Labute approximate surface area is 149 Å². The number of nitrogens with zero attached hydrogens (tertiary/aromatic N) is 3. The van der Waals surface area contributed by atoms with Crippen LogP contribution in [-0.4, -0.2) is 61.1 Å². The van der Waals surface area contributed by atoms with Crippen LogP contribution in [0.3, 0.4) is 0 Å². The molecule has 5 heteroatoms. The molecule has 5 nitrogen and oxygen atoms in total. The van der Waals surface area contributed by atoms with Crippen molar-refractivity contribution in [1.82, 2.24) is 14.8 Å². The second-order valence-corrected chi connectivity index (χ2v) is 6.62. The summed E-state index contributed by atoms with van der Waals surface area (Å²) in [6.07, 6.45) is 1.74. The molecule has 0 saturated heterocycles. The molecule has 134 valence electrons. The lowest BCUT2D eigenvalue weighted by Crippen LogP contribution is -2.35. The fourth-order valence-corrected chi connectivity index (χ4v) is 3.50. The third-order valence-electron chi connectivity index (χ3n) is 4.98. The predicted molar refractivity (Wildman–Crippen MR) is 99.9 cm³/mol. The molecule has 0 radical (unpaired) electrons. The number of carbonyl (C=O) groups excluding carboxylic acids is 1. The first-order chi connectivity index (χ1) is 12.2. The van der Waals surface area contributed by atoms with Crippen molar-refractivity contribution in [2.45, 2.75) is 26.3 Å². The van der Waals surface area contributed by atoms with Gasteiger partial charge in [0.2, 0.25) is 0 Å². The van der Waals surface area contributed by atoms with E-state index in [2.05, 4.69) is 11.8 Å². The zero-order valence-corrected chi connectivity index (χ0v) is 15.4. The molecule has 0 fully saturated rings. The molecule has 0 N–H and O–H groups in total. The van der Waals surface area contributed by atoms with Crippen molar-refractivity contribution in [1.29, 1.82) is 0 Å². The molecule has 0 unspecified atom stereocenters. The van der Waals surface area contributed by atoms with Gasteiger partial charge in [-0.15, -0.1) is 0 Å². The summed E-state index contributed by atoms with van der Waals surface area (Å²) < 4.78 is 5.11. The van der Waals surface area contributed by atoms with Gasteiger partial charge >= 0.3 is 0 Å². The number of aromatic nitrogens is 1. The van der Waals surface area contributed by atoms with E-state index in [9.17, 15) is 4.79 Å². The molecule has 1 amide bonds. The average molecular weight is 341 g/mol. The van der Waals surface area contributed by atoms with Crippen LogP contribution >= 0.6 is 0 Å². The van der Waals surface area contributed by atoms with Crippen molar-refractivity contribution in [3.63, 3.8) is 0 Å². The predicted octanol–water partition coefficient (Wildman–Crippen LogP) is 2.72. The molecule has 2 aromatic rings. The van der Waals surface area contributed by atoms with E-state index < -0.39 is 0 Å². The minimum Gasteiger partial charge on any atom is -0.385 e. The monoisotopic (exact) mass is 341 g/mol. The first kappa shape index (κ1) is 17.8. The third-order valence-corrected chi connectivity index (χ3v) is 4.98.